The van der Waals surface area contributed by atoms with Crippen molar-refractivity contribution in [3.05, 3.63) is 90.0 Å². The zero-order chi connectivity index (χ0) is 25.5. The van der Waals surface area contributed by atoms with Gasteiger partial charge in [-0.1, -0.05) is 72.0 Å². The molecule has 5 rings (SSSR count). The van der Waals surface area contributed by atoms with E-state index in [9.17, 15) is 4.79 Å². The van der Waals surface area contributed by atoms with Crippen molar-refractivity contribution in [3.63, 3.8) is 0 Å². The first kappa shape index (κ1) is 25.4. The van der Waals surface area contributed by atoms with Crippen LogP contribution in [0.15, 0.2) is 78.9 Å². The Morgan fingerprint density at radius 1 is 1.03 bits per heavy atom. The fourth-order valence-corrected chi connectivity index (χ4v) is 5.79. The predicted molar refractivity (Wildman–Crippen MR) is 150 cm³/mol. The maximum atomic E-state index is 14.4. The molecule has 37 heavy (non-hydrogen) atoms. The molecule has 1 aromatic heterocycles. The van der Waals surface area contributed by atoms with Gasteiger partial charge in [0.1, 0.15) is 5.75 Å². The number of nitrogens with zero attached hydrogens (tertiary/aromatic N) is 3. The van der Waals surface area contributed by atoms with Gasteiger partial charge in [-0.15, -0.1) is 0 Å². The molecule has 7 heteroatoms. The minimum Gasteiger partial charge on any atom is -0.494 e. The molecule has 0 aliphatic carbocycles. The number of carbonyl (C=O) groups excluding carboxylic acids is 1. The molecule has 0 N–H and O–H groups in total. The number of hydrogen-bond acceptors (Lipinski definition) is 6. The van der Waals surface area contributed by atoms with Gasteiger partial charge < -0.3 is 9.47 Å². The summed E-state index contributed by atoms with van der Waals surface area (Å²) in [5.41, 5.74) is 2.85. The summed E-state index contributed by atoms with van der Waals surface area (Å²) in [6.07, 6.45) is 0.863. The van der Waals surface area contributed by atoms with Gasteiger partial charge in [-0.2, -0.15) is 0 Å². The molecule has 4 aromatic rings. The summed E-state index contributed by atoms with van der Waals surface area (Å²) in [4.78, 5) is 23.6. The maximum Gasteiger partial charge on any atom is 0.240 e. The zero-order valence-corrected chi connectivity index (χ0v) is 22.0. The molecule has 1 aliphatic rings. The van der Waals surface area contributed by atoms with E-state index in [1.165, 1.54) is 0 Å². The van der Waals surface area contributed by atoms with Crippen molar-refractivity contribution >= 4 is 32.6 Å². The molecular formula is C30H33N3O3S. The average Bonchev–Trinajstić information content (AvgIpc) is 3.36. The lowest BCUT2D eigenvalue weighted by molar-refractivity contribution is -0.119. The zero-order valence-electron chi connectivity index (χ0n) is 21.2. The molecule has 1 saturated heterocycles. The van der Waals surface area contributed by atoms with E-state index in [2.05, 4.69) is 4.90 Å². The smallest absolute Gasteiger partial charge is 0.240 e. The first-order valence-electron chi connectivity index (χ1n) is 13.0. The number of anilines is 1. The lowest BCUT2D eigenvalue weighted by Crippen LogP contribution is -2.40. The molecule has 0 radical (unpaired) electrons. The van der Waals surface area contributed by atoms with Crippen LogP contribution >= 0.6 is 11.3 Å². The monoisotopic (exact) mass is 515 g/mol. The fraction of sp³-hybridized carbons (Fsp3) is 0.333. The third-order valence-corrected chi connectivity index (χ3v) is 7.67. The number of carbonyl (C=O) groups is 1. The summed E-state index contributed by atoms with van der Waals surface area (Å²) in [7, 11) is 0. The summed E-state index contributed by atoms with van der Waals surface area (Å²) in [5.74, 6) is 0.460. The van der Waals surface area contributed by atoms with E-state index in [1.54, 1.807) is 11.3 Å². The first-order chi connectivity index (χ1) is 18.2. The molecule has 1 aliphatic heterocycles. The molecule has 0 unspecified atom stereocenters. The highest BCUT2D eigenvalue weighted by atomic mass is 32.1. The minimum absolute atomic E-state index is 0.0449. The average molecular weight is 516 g/mol. The van der Waals surface area contributed by atoms with Crippen molar-refractivity contribution in [2.24, 2.45) is 0 Å². The number of rotatable bonds is 10. The standard InChI is InChI=1S/C30H33N3O3S/c1-2-36-25-14-15-26-27(22-25)37-30(31-26)33(17-9-16-32-18-20-35-21-19-32)29(34)28(23-10-5-3-6-11-23)24-12-7-4-8-13-24/h3-8,10-15,22,28H,2,9,16-21H2,1H3. The fourth-order valence-electron chi connectivity index (χ4n) is 4.77. The Morgan fingerprint density at radius 3 is 2.35 bits per heavy atom. The molecule has 3 aromatic carbocycles. The van der Waals surface area contributed by atoms with E-state index in [-0.39, 0.29) is 5.91 Å². The molecule has 1 fully saturated rings. The van der Waals surface area contributed by atoms with Crippen LogP contribution in [0.25, 0.3) is 10.2 Å². The number of amides is 1. The van der Waals surface area contributed by atoms with Crippen LogP contribution in [0, 0.1) is 0 Å². The Morgan fingerprint density at radius 2 is 1.70 bits per heavy atom. The van der Waals surface area contributed by atoms with Crippen molar-refractivity contribution in [1.82, 2.24) is 9.88 Å². The van der Waals surface area contributed by atoms with Gasteiger partial charge in [-0.25, -0.2) is 4.98 Å². The molecule has 1 amide bonds. The van der Waals surface area contributed by atoms with Gasteiger partial charge in [-0.05, 0) is 42.7 Å². The van der Waals surface area contributed by atoms with E-state index >= 15 is 0 Å². The number of hydrogen-bond donors (Lipinski definition) is 0. The Kier molecular flexibility index (Phi) is 8.46. The molecule has 6 nitrogen and oxygen atoms in total. The second-order valence-corrected chi connectivity index (χ2v) is 10.1. The van der Waals surface area contributed by atoms with E-state index in [0.717, 1.165) is 71.5 Å². The van der Waals surface area contributed by atoms with E-state index < -0.39 is 5.92 Å². The molecule has 0 atom stereocenters. The second-order valence-electron chi connectivity index (χ2n) is 9.11. The summed E-state index contributed by atoms with van der Waals surface area (Å²) < 4.78 is 12.2. The van der Waals surface area contributed by atoms with Gasteiger partial charge in [0.05, 0.1) is 36.0 Å². The van der Waals surface area contributed by atoms with Gasteiger partial charge in [0.2, 0.25) is 5.91 Å². The van der Waals surface area contributed by atoms with Crippen molar-refractivity contribution in [3.8, 4) is 5.75 Å². The Bertz CT molecular complexity index is 1250. The van der Waals surface area contributed by atoms with Crippen LogP contribution in [0.2, 0.25) is 0 Å². The van der Waals surface area contributed by atoms with Crippen molar-refractivity contribution in [1.29, 1.82) is 0 Å². The summed E-state index contributed by atoms with van der Waals surface area (Å²) in [6.45, 7) is 7.53. The molecule has 0 saturated carbocycles. The number of morpholine rings is 1. The SMILES string of the molecule is CCOc1ccc2nc(N(CCCN3CCOCC3)C(=O)C(c3ccccc3)c3ccccc3)sc2c1. The van der Waals surface area contributed by atoms with Gasteiger partial charge in [0.15, 0.2) is 5.13 Å². The van der Waals surface area contributed by atoms with Gasteiger partial charge in [0.25, 0.3) is 0 Å². The largest absolute Gasteiger partial charge is 0.494 e. The van der Waals surface area contributed by atoms with Crippen LogP contribution in [0.5, 0.6) is 5.75 Å². The third-order valence-electron chi connectivity index (χ3n) is 6.63. The molecule has 0 bridgehead atoms. The number of benzene rings is 3. The molecular weight excluding hydrogens is 482 g/mol. The Labute approximate surface area is 222 Å². The van der Waals surface area contributed by atoms with E-state index in [0.29, 0.717) is 13.2 Å². The summed E-state index contributed by atoms with van der Waals surface area (Å²) in [6, 6.07) is 26.0. The quantitative estimate of drug-likeness (QED) is 0.276. The lowest BCUT2D eigenvalue weighted by Gasteiger charge is -2.29. The van der Waals surface area contributed by atoms with Crippen molar-refractivity contribution in [2.45, 2.75) is 19.3 Å². The first-order valence-corrected chi connectivity index (χ1v) is 13.8. The highest BCUT2D eigenvalue weighted by molar-refractivity contribution is 7.22. The van der Waals surface area contributed by atoms with Crippen LogP contribution in [-0.4, -0.2) is 61.8 Å². The molecule has 192 valence electrons. The van der Waals surface area contributed by atoms with E-state index in [4.69, 9.17) is 14.5 Å². The van der Waals surface area contributed by atoms with Gasteiger partial charge >= 0.3 is 0 Å². The normalized spacial score (nSPS) is 14.2. The Hall–Kier alpha value is -3.26. The summed E-state index contributed by atoms with van der Waals surface area (Å²) >= 11 is 1.55. The topological polar surface area (TPSA) is 54.9 Å². The predicted octanol–water partition coefficient (Wildman–Crippen LogP) is 5.58. The number of fused-ring (bicyclic) bond motifs is 1. The van der Waals surface area contributed by atoms with Crippen LogP contribution < -0.4 is 9.64 Å². The lowest BCUT2D eigenvalue weighted by atomic mass is 9.90. The van der Waals surface area contributed by atoms with Gasteiger partial charge in [0, 0.05) is 26.2 Å². The summed E-state index contributed by atoms with van der Waals surface area (Å²) in [5, 5.41) is 0.729. The number of aromatic nitrogens is 1. The second kappa shape index (κ2) is 12.3. The molecule has 0 spiro atoms. The number of ether oxygens (including phenoxy) is 2. The van der Waals surface area contributed by atoms with Crippen molar-refractivity contribution < 1.29 is 14.3 Å². The Balaban J connectivity index is 1.48. The number of thiazole rings is 1. The van der Waals surface area contributed by atoms with Crippen LogP contribution in [0.4, 0.5) is 5.13 Å². The van der Waals surface area contributed by atoms with Crippen LogP contribution in [0.1, 0.15) is 30.4 Å². The van der Waals surface area contributed by atoms with E-state index in [1.807, 2.05) is 90.7 Å². The highest BCUT2D eigenvalue weighted by Crippen LogP contribution is 2.35. The molecule has 2 heterocycles. The van der Waals surface area contributed by atoms with Crippen LogP contribution in [0.3, 0.4) is 0 Å². The maximum absolute atomic E-state index is 14.4. The third kappa shape index (κ3) is 6.18. The van der Waals surface area contributed by atoms with Gasteiger partial charge in [-0.3, -0.25) is 14.6 Å². The highest BCUT2D eigenvalue weighted by Gasteiger charge is 2.30. The van der Waals surface area contributed by atoms with Crippen LogP contribution in [-0.2, 0) is 9.53 Å². The minimum atomic E-state index is -0.406. The van der Waals surface area contributed by atoms with Crippen molar-refractivity contribution in [2.75, 3.05) is 50.9 Å².